The molecule has 0 saturated carbocycles. The fourth-order valence-electron chi connectivity index (χ4n) is 1.45. The standard InChI is InChI=1S/C8H17NO/c1-7(10)4-5-8-3-2-6-9-8/h7-10H,2-6H2,1H3/t7-,8-/m0/s1. The van der Waals surface area contributed by atoms with Gasteiger partial charge in [-0.25, -0.2) is 0 Å². The van der Waals surface area contributed by atoms with Gasteiger partial charge in [0.1, 0.15) is 0 Å². The molecule has 1 aliphatic rings. The Balaban J connectivity index is 2.01. The molecular formula is C8H17NO. The number of aliphatic hydroxyl groups excluding tert-OH is 1. The lowest BCUT2D eigenvalue weighted by Gasteiger charge is -2.10. The van der Waals surface area contributed by atoms with Gasteiger partial charge in [0.25, 0.3) is 0 Å². The van der Waals surface area contributed by atoms with E-state index in [2.05, 4.69) is 5.32 Å². The summed E-state index contributed by atoms with van der Waals surface area (Å²) in [5.74, 6) is 0. The van der Waals surface area contributed by atoms with E-state index in [4.69, 9.17) is 5.11 Å². The third kappa shape index (κ3) is 2.67. The van der Waals surface area contributed by atoms with Crippen LogP contribution in [0.1, 0.15) is 32.6 Å². The van der Waals surface area contributed by atoms with Crippen molar-refractivity contribution in [2.75, 3.05) is 6.54 Å². The van der Waals surface area contributed by atoms with Crippen molar-refractivity contribution in [1.82, 2.24) is 5.32 Å². The van der Waals surface area contributed by atoms with Crippen LogP contribution in [-0.4, -0.2) is 23.8 Å². The van der Waals surface area contributed by atoms with Crippen molar-refractivity contribution >= 4 is 0 Å². The molecule has 0 spiro atoms. The Morgan fingerprint density at radius 2 is 2.50 bits per heavy atom. The van der Waals surface area contributed by atoms with Gasteiger partial charge in [-0.3, -0.25) is 0 Å². The van der Waals surface area contributed by atoms with Crippen molar-refractivity contribution in [3.05, 3.63) is 0 Å². The van der Waals surface area contributed by atoms with Gasteiger partial charge in [-0.1, -0.05) is 0 Å². The molecule has 1 aliphatic heterocycles. The number of hydrogen-bond acceptors (Lipinski definition) is 2. The molecule has 2 heteroatoms. The number of rotatable bonds is 3. The first-order valence-corrected chi connectivity index (χ1v) is 4.20. The summed E-state index contributed by atoms with van der Waals surface area (Å²) in [5, 5.41) is 12.4. The predicted molar refractivity (Wildman–Crippen MR) is 41.9 cm³/mol. The molecule has 10 heavy (non-hydrogen) atoms. The zero-order valence-corrected chi connectivity index (χ0v) is 6.64. The quantitative estimate of drug-likeness (QED) is 0.615. The summed E-state index contributed by atoms with van der Waals surface area (Å²) in [7, 11) is 0. The molecule has 0 aromatic carbocycles. The Bertz CT molecular complexity index is 87.3. The molecule has 0 bridgehead atoms. The van der Waals surface area contributed by atoms with E-state index >= 15 is 0 Å². The molecule has 60 valence electrons. The van der Waals surface area contributed by atoms with Crippen LogP contribution in [0, 0.1) is 0 Å². The highest BCUT2D eigenvalue weighted by molar-refractivity contribution is 4.74. The maximum absolute atomic E-state index is 8.98. The molecule has 1 rings (SSSR count). The molecule has 0 unspecified atom stereocenters. The highest BCUT2D eigenvalue weighted by Crippen LogP contribution is 2.11. The van der Waals surface area contributed by atoms with E-state index in [0.29, 0.717) is 6.04 Å². The molecular weight excluding hydrogens is 126 g/mol. The molecule has 2 N–H and O–H groups in total. The average Bonchev–Trinajstić information content (AvgIpc) is 2.34. The topological polar surface area (TPSA) is 32.3 Å². The van der Waals surface area contributed by atoms with Gasteiger partial charge >= 0.3 is 0 Å². The second-order valence-electron chi connectivity index (χ2n) is 3.22. The predicted octanol–water partition coefficient (Wildman–Crippen LogP) is 0.899. The lowest BCUT2D eigenvalue weighted by molar-refractivity contribution is 0.177. The Hall–Kier alpha value is -0.0800. The van der Waals surface area contributed by atoms with Crippen LogP contribution in [0.15, 0.2) is 0 Å². The number of hydrogen-bond donors (Lipinski definition) is 2. The van der Waals surface area contributed by atoms with E-state index in [9.17, 15) is 0 Å². The van der Waals surface area contributed by atoms with Crippen LogP contribution in [0.2, 0.25) is 0 Å². The molecule has 0 radical (unpaired) electrons. The number of nitrogens with one attached hydrogen (secondary N) is 1. The van der Waals surface area contributed by atoms with E-state index in [-0.39, 0.29) is 6.10 Å². The smallest absolute Gasteiger partial charge is 0.0512 e. The van der Waals surface area contributed by atoms with Crippen molar-refractivity contribution in [2.24, 2.45) is 0 Å². The summed E-state index contributed by atoms with van der Waals surface area (Å²) in [6.45, 7) is 3.03. The van der Waals surface area contributed by atoms with E-state index in [0.717, 1.165) is 12.8 Å². The van der Waals surface area contributed by atoms with Crippen molar-refractivity contribution in [3.8, 4) is 0 Å². The first-order chi connectivity index (χ1) is 4.79. The Morgan fingerprint density at radius 3 is 3.00 bits per heavy atom. The first-order valence-electron chi connectivity index (χ1n) is 4.20. The highest BCUT2D eigenvalue weighted by atomic mass is 16.3. The van der Waals surface area contributed by atoms with E-state index in [1.54, 1.807) is 0 Å². The summed E-state index contributed by atoms with van der Waals surface area (Å²) >= 11 is 0. The summed E-state index contributed by atoms with van der Waals surface area (Å²) in [6.07, 6.45) is 4.56. The molecule has 0 amide bonds. The van der Waals surface area contributed by atoms with Gasteiger partial charge < -0.3 is 10.4 Å². The highest BCUT2D eigenvalue weighted by Gasteiger charge is 2.13. The maximum Gasteiger partial charge on any atom is 0.0512 e. The molecule has 1 fully saturated rings. The van der Waals surface area contributed by atoms with Crippen molar-refractivity contribution in [1.29, 1.82) is 0 Å². The van der Waals surface area contributed by atoms with Crippen molar-refractivity contribution in [2.45, 2.75) is 44.8 Å². The molecule has 1 saturated heterocycles. The Kier molecular flexibility index (Phi) is 3.16. The largest absolute Gasteiger partial charge is 0.393 e. The first kappa shape index (κ1) is 8.02. The molecule has 0 aromatic heterocycles. The van der Waals surface area contributed by atoms with Gasteiger partial charge in [-0.05, 0) is 39.2 Å². The molecule has 1 heterocycles. The maximum atomic E-state index is 8.98. The number of aliphatic hydroxyl groups is 1. The monoisotopic (exact) mass is 143 g/mol. The zero-order chi connectivity index (χ0) is 7.40. The average molecular weight is 143 g/mol. The molecule has 0 aliphatic carbocycles. The molecule has 2 atom stereocenters. The van der Waals surface area contributed by atoms with Crippen molar-refractivity contribution < 1.29 is 5.11 Å². The van der Waals surface area contributed by atoms with Crippen LogP contribution in [-0.2, 0) is 0 Å². The minimum atomic E-state index is -0.123. The zero-order valence-electron chi connectivity index (χ0n) is 6.64. The van der Waals surface area contributed by atoms with Gasteiger partial charge in [0, 0.05) is 6.04 Å². The Morgan fingerprint density at radius 1 is 1.70 bits per heavy atom. The lowest BCUT2D eigenvalue weighted by Crippen LogP contribution is -2.22. The van der Waals surface area contributed by atoms with E-state index < -0.39 is 0 Å². The van der Waals surface area contributed by atoms with Crippen molar-refractivity contribution in [3.63, 3.8) is 0 Å². The van der Waals surface area contributed by atoms with Crippen LogP contribution in [0.3, 0.4) is 0 Å². The van der Waals surface area contributed by atoms with Gasteiger partial charge in [0.2, 0.25) is 0 Å². The summed E-state index contributed by atoms with van der Waals surface area (Å²) in [6, 6.07) is 0.689. The van der Waals surface area contributed by atoms with Crippen LogP contribution < -0.4 is 5.32 Å². The second kappa shape index (κ2) is 3.94. The van der Waals surface area contributed by atoms with Crippen LogP contribution in [0.25, 0.3) is 0 Å². The third-order valence-electron chi connectivity index (χ3n) is 2.10. The Labute approximate surface area is 62.6 Å². The SMILES string of the molecule is C[C@H](O)CC[C@@H]1CCCN1. The summed E-state index contributed by atoms with van der Waals surface area (Å²) in [4.78, 5) is 0. The van der Waals surface area contributed by atoms with Gasteiger partial charge in [-0.15, -0.1) is 0 Å². The molecule has 0 aromatic rings. The second-order valence-corrected chi connectivity index (χ2v) is 3.22. The fraction of sp³-hybridized carbons (Fsp3) is 1.00. The normalized spacial score (nSPS) is 28.8. The van der Waals surface area contributed by atoms with Gasteiger partial charge in [-0.2, -0.15) is 0 Å². The van der Waals surface area contributed by atoms with Crippen LogP contribution >= 0.6 is 0 Å². The minimum absolute atomic E-state index is 0.123. The fourth-order valence-corrected chi connectivity index (χ4v) is 1.45. The van der Waals surface area contributed by atoms with E-state index in [1.807, 2.05) is 6.92 Å². The molecule has 2 nitrogen and oxygen atoms in total. The van der Waals surface area contributed by atoms with Crippen LogP contribution in [0.5, 0.6) is 0 Å². The lowest BCUT2D eigenvalue weighted by atomic mass is 10.1. The van der Waals surface area contributed by atoms with Gasteiger partial charge in [0.15, 0.2) is 0 Å². The van der Waals surface area contributed by atoms with E-state index in [1.165, 1.54) is 19.4 Å². The van der Waals surface area contributed by atoms with Gasteiger partial charge in [0.05, 0.1) is 6.10 Å². The summed E-state index contributed by atoms with van der Waals surface area (Å²) in [5.41, 5.74) is 0. The summed E-state index contributed by atoms with van der Waals surface area (Å²) < 4.78 is 0. The minimum Gasteiger partial charge on any atom is -0.393 e. The van der Waals surface area contributed by atoms with Crippen LogP contribution in [0.4, 0.5) is 0 Å². The third-order valence-corrected chi connectivity index (χ3v) is 2.10.